The molecule has 0 spiro atoms. The number of amides is 3. The Morgan fingerprint density at radius 2 is 1.76 bits per heavy atom. The van der Waals surface area contributed by atoms with Crippen LogP contribution in [0.15, 0.2) is 0 Å². The summed E-state index contributed by atoms with van der Waals surface area (Å²) in [6.45, 7) is 5.49. The standard InChI is InChI=1S/C14H26N4O3/c1-10(2)13(15)14(21)17-9-11(19)16-6-5-12(20)18-7-3-4-8-18/h10,13H,3-9,15H2,1-2H3,(H,16,19)(H,17,21)/t13-/m0/s1. The first kappa shape index (κ1) is 17.4. The van der Waals surface area contributed by atoms with Crippen LogP contribution in [-0.4, -0.2) is 54.8 Å². The van der Waals surface area contributed by atoms with Crippen molar-refractivity contribution in [2.24, 2.45) is 11.7 Å². The maximum atomic E-state index is 11.7. The van der Waals surface area contributed by atoms with Crippen LogP contribution >= 0.6 is 0 Å². The first-order valence-corrected chi connectivity index (χ1v) is 7.49. The van der Waals surface area contributed by atoms with E-state index < -0.39 is 6.04 Å². The monoisotopic (exact) mass is 298 g/mol. The molecule has 0 unspecified atom stereocenters. The molecule has 1 saturated heterocycles. The molecule has 0 saturated carbocycles. The Bertz CT molecular complexity index is 378. The Kier molecular flexibility index (Phi) is 7.14. The highest BCUT2D eigenvalue weighted by molar-refractivity contribution is 5.87. The number of hydrogen-bond donors (Lipinski definition) is 3. The second-order valence-electron chi connectivity index (χ2n) is 5.68. The van der Waals surface area contributed by atoms with Crippen molar-refractivity contribution in [2.45, 2.75) is 39.2 Å². The summed E-state index contributed by atoms with van der Waals surface area (Å²) in [5.41, 5.74) is 5.66. The third kappa shape index (κ3) is 6.12. The van der Waals surface area contributed by atoms with E-state index in [4.69, 9.17) is 5.73 Å². The number of nitrogens with zero attached hydrogens (tertiary/aromatic N) is 1. The highest BCUT2D eigenvalue weighted by Crippen LogP contribution is 2.08. The Morgan fingerprint density at radius 3 is 2.33 bits per heavy atom. The van der Waals surface area contributed by atoms with Crippen LogP contribution in [0.1, 0.15) is 33.1 Å². The summed E-state index contributed by atoms with van der Waals surface area (Å²) in [6.07, 6.45) is 2.41. The summed E-state index contributed by atoms with van der Waals surface area (Å²) >= 11 is 0. The zero-order valence-corrected chi connectivity index (χ0v) is 12.9. The van der Waals surface area contributed by atoms with E-state index in [1.807, 2.05) is 18.7 Å². The molecule has 4 N–H and O–H groups in total. The molecule has 1 aliphatic heterocycles. The van der Waals surface area contributed by atoms with Crippen molar-refractivity contribution >= 4 is 17.7 Å². The molecule has 3 amide bonds. The van der Waals surface area contributed by atoms with Crippen LogP contribution in [0.25, 0.3) is 0 Å². The van der Waals surface area contributed by atoms with Crippen molar-refractivity contribution in [3.8, 4) is 0 Å². The van der Waals surface area contributed by atoms with E-state index in [0.717, 1.165) is 25.9 Å². The number of carbonyl (C=O) groups is 3. The van der Waals surface area contributed by atoms with E-state index >= 15 is 0 Å². The largest absolute Gasteiger partial charge is 0.354 e. The predicted octanol–water partition coefficient (Wildman–Crippen LogP) is -0.785. The van der Waals surface area contributed by atoms with Gasteiger partial charge in [0.25, 0.3) is 0 Å². The van der Waals surface area contributed by atoms with Crippen molar-refractivity contribution in [3.05, 3.63) is 0 Å². The van der Waals surface area contributed by atoms with Gasteiger partial charge < -0.3 is 21.3 Å². The third-order valence-corrected chi connectivity index (χ3v) is 3.56. The number of rotatable bonds is 7. The Morgan fingerprint density at radius 1 is 1.14 bits per heavy atom. The van der Waals surface area contributed by atoms with Gasteiger partial charge in [-0.1, -0.05) is 13.8 Å². The van der Waals surface area contributed by atoms with Gasteiger partial charge in [0, 0.05) is 26.1 Å². The summed E-state index contributed by atoms with van der Waals surface area (Å²) < 4.78 is 0. The summed E-state index contributed by atoms with van der Waals surface area (Å²) in [5, 5.41) is 5.10. The van der Waals surface area contributed by atoms with Crippen LogP contribution in [-0.2, 0) is 14.4 Å². The van der Waals surface area contributed by atoms with Crippen LogP contribution in [0.4, 0.5) is 0 Å². The predicted molar refractivity (Wildman–Crippen MR) is 79.3 cm³/mol. The second kappa shape index (κ2) is 8.61. The van der Waals surface area contributed by atoms with Crippen LogP contribution in [0, 0.1) is 5.92 Å². The van der Waals surface area contributed by atoms with Crippen LogP contribution < -0.4 is 16.4 Å². The number of nitrogens with one attached hydrogen (secondary N) is 2. The SMILES string of the molecule is CC(C)[C@H](N)C(=O)NCC(=O)NCCC(=O)N1CCCC1. The molecular weight excluding hydrogens is 272 g/mol. The molecule has 0 bridgehead atoms. The lowest BCUT2D eigenvalue weighted by atomic mass is 10.1. The topological polar surface area (TPSA) is 105 Å². The molecule has 1 rings (SSSR count). The Labute approximate surface area is 125 Å². The van der Waals surface area contributed by atoms with Crippen LogP contribution in [0.3, 0.4) is 0 Å². The third-order valence-electron chi connectivity index (χ3n) is 3.56. The first-order chi connectivity index (χ1) is 9.91. The number of hydrogen-bond acceptors (Lipinski definition) is 4. The number of carbonyl (C=O) groups excluding carboxylic acids is 3. The summed E-state index contributed by atoms with van der Waals surface area (Å²) in [4.78, 5) is 36.7. The molecule has 1 fully saturated rings. The van der Waals surface area contributed by atoms with E-state index in [1.165, 1.54) is 0 Å². The van der Waals surface area contributed by atoms with E-state index in [0.29, 0.717) is 13.0 Å². The zero-order valence-electron chi connectivity index (χ0n) is 12.9. The number of likely N-dealkylation sites (tertiary alicyclic amines) is 1. The van der Waals surface area contributed by atoms with Gasteiger partial charge >= 0.3 is 0 Å². The summed E-state index contributed by atoms with van der Waals surface area (Å²) in [6, 6.07) is -0.616. The van der Waals surface area contributed by atoms with Crippen molar-refractivity contribution in [1.29, 1.82) is 0 Å². The average molecular weight is 298 g/mol. The molecule has 1 heterocycles. The fourth-order valence-electron chi connectivity index (χ4n) is 2.08. The molecule has 1 aliphatic rings. The van der Waals surface area contributed by atoms with Crippen molar-refractivity contribution < 1.29 is 14.4 Å². The van der Waals surface area contributed by atoms with Gasteiger partial charge in [-0.25, -0.2) is 0 Å². The van der Waals surface area contributed by atoms with Gasteiger partial charge in [0.1, 0.15) is 0 Å². The molecule has 0 radical (unpaired) electrons. The van der Waals surface area contributed by atoms with Crippen LogP contribution in [0.2, 0.25) is 0 Å². The molecule has 7 heteroatoms. The first-order valence-electron chi connectivity index (χ1n) is 7.49. The molecule has 0 aromatic rings. The van der Waals surface area contributed by atoms with Gasteiger partial charge in [0.2, 0.25) is 17.7 Å². The minimum Gasteiger partial charge on any atom is -0.354 e. The van der Waals surface area contributed by atoms with Gasteiger partial charge in [-0.05, 0) is 18.8 Å². The maximum absolute atomic E-state index is 11.7. The zero-order chi connectivity index (χ0) is 15.8. The second-order valence-corrected chi connectivity index (χ2v) is 5.68. The lowest BCUT2D eigenvalue weighted by molar-refractivity contribution is -0.130. The lowest BCUT2D eigenvalue weighted by Gasteiger charge is -2.16. The quantitative estimate of drug-likeness (QED) is 0.573. The molecule has 120 valence electrons. The number of nitrogens with two attached hydrogens (primary N) is 1. The molecule has 1 atom stereocenters. The van der Waals surface area contributed by atoms with Gasteiger partial charge in [-0.15, -0.1) is 0 Å². The Hall–Kier alpha value is -1.63. The normalized spacial score (nSPS) is 15.9. The van der Waals surface area contributed by atoms with E-state index in [1.54, 1.807) is 0 Å². The highest BCUT2D eigenvalue weighted by atomic mass is 16.2. The molecule has 0 aromatic heterocycles. The van der Waals surface area contributed by atoms with E-state index in [2.05, 4.69) is 10.6 Å². The molecule has 0 aromatic carbocycles. The minimum atomic E-state index is -0.616. The minimum absolute atomic E-state index is 0.0196. The van der Waals surface area contributed by atoms with Crippen LogP contribution in [0.5, 0.6) is 0 Å². The smallest absolute Gasteiger partial charge is 0.239 e. The van der Waals surface area contributed by atoms with E-state index in [9.17, 15) is 14.4 Å². The summed E-state index contributed by atoms with van der Waals surface area (Å²) in [5.74, 6) is -0.563. The van der Waals surface area contributed by atoms with Crippen molar-refractivity contribution in [1.82, 2.24) is 15.5 Å². The van der Waals surface area contributed by atoms with Gasteiger partial charge in [0.15, 0.2) is 0 Å². The van der Waals surface area contributed by atoms with Crippen molar-refractivity contribution in [2.75, 3.05) is 26.2 Å². The van der Waals surface area contributed by atoms with Gasteiger partial charge in [-0.3, -0.25) is 14.4 Å². The van der Waals surface area contributed by atoms with E-state index in [-0.39, 0.29) is 30.2 Å². The Balaban J connectivity index is 2.13. The lowest BCUT2D eigenvalue weighted by Crippen LogP contribution is -2.47. The fraction of sp³-hybridized carbons (Fsp3) is 0.786. The molecule has 21 heavy (non-hydrogen) atoms. The fourth-order valence-corrected chi connectivity index (χ4v) is 2.08. The van der Waals surface area contributed by atoms with Gasteiger partial charge in [-0.2, -0.15) is 0 Å². The van der Waals surface area contributed by atoms with Gasteiger partial charge in [0.05, 0.1) is 12.6 Å². The molecule has 0 aliphatic carbocycles. The summed E-state index contributed by atoms with van der Waals surface area (Å²) in [7, 11) is 0. The highest BCUT2D eigenvalue weighted by Gasteiger charge is 2.19. The molecule has 7 nitrogen and oxygen atoms in total. The average Bonchev–Trinajstić information content (AvgIpc) is 2.97. The molecular formula is C14H26N4O3. The van der Waals surface area contributed by atoms with Crippen molar-refractivity contribution in [3.63, 3.8) is 0 Å². The maximum Gasteiger partial charge on any atom is 0.239 e.